The molecule has 1 heterocycles. The molecule has 3 rings (SSSR count). The predicted molar refractivity (Wildman–Crippen MR) is 90.3 cm³/mol. The first-order valence-corrected chi connectivity index (χ1v) is 8.61. The number of alkyl halides is 3. The van der Waals surface area contributed by atoms with E-state index >= 15 is 0 Å². The van der Waals surface area contributed by atoms with Gasteiger partial charge in [-0.05, 0) is 43.0 Å². The van der Waals surface area contributed by atoms with Crippen LogP contribution in [0.15, 0.2) is 42.7 Å². The summed E-state index contributed by atoms with van der Waals surface area (Å²) < 4.78 is 39.7. The van der Waals surface area contributed by atoms with Crippen molar-refractivity contribution in [2.75, 3.05) is 6.54 Å². The highest BCUT2D eigenvalue weighted by Crippen LogP contribution is 2.31. The number of aromatic nitrogens is 2. The standard InChI is InChI=1S/C18H21F3N4O/c19-18(20,21)15-5-3-14(4-6-15)13-25(16-7-8-16)17(26)22-9-1-11-24-12-2-10-23-24/h2-6,10,12,16H,1,7-9,11,13H2,(H,22,26). The van der Waals surface area contributed by atoms with E-state index in [-0.39, 0.29) is 12.1 Å². The number of carbonyl (C=O) groups excluding carboxylic acids is 1. The van der Waals surface area contributed by atoms with Gasteiger partial charge in [-0.15, -0.1) is 0 Å². The molecule has 140 valence electrons. The Morgan fingerprint density at radius 1 is 1.27 bits per heavy atom. The van der Waals surface area contributed by atoms with E-state index in [1.165, 1.54) is 12.1 Å². The number of benzene rings is 1. The molecule has 0 bridgehead atoms. The summed E-state index contributed by atoms with van der Waals surface area (Å²) in [6.45, 7) is 1.55. The summed E-state index contributed by atoms with van der Waals surface area (Å²) in [4.78, 5) is 14.1. The van der Waals surface area contributed by atoms with Gasteiger partial charge in [0.1, 0.15) is 0 Å². The Bertz CT molecular complexity index is 709. The van der Waals surface area contributed by atoms with Crippen LogP contribution in [0, 0.1) is 0 Å². The van der Waals surface area contributed by atoms with Gasteiger partial charge in [0, 0.05) is 38.1 Å². The van der Waals surface area contributed by atoms with Crippen LogP contribution in [0.5, 0.6) is 0 Å². The molecule has 1 saturated carbocycles. The molecule has 0 atom stereocenters. The van der Waals surface area contributed by atoms with Crippen LogP contribution >= 0.6 is 0 Å². The molecule has 5 nitrogen and oxygen atoms in total. The Morgan fingerprint density at radius 2 is 2.00 bits per heavy atom. The van der Waals surface area contributed by atoms with Gasteiger partial charge >= 0.3 is 12.2 Å². The zero-order chi connectivity index (χ0) is 18.6. The summed E-state index contributed by atoms with van der Waals surface area (Å²) in [7, 11) is 0. The summed E-state index contributed by atoms with van der Waals surface area (Å²) in [6.07, 6.45) is 1.84. The SMILES string of the molecule is O=C(NCCCn1cccn1)N(Cc1ccc(C(F)(F)F)cc1)C1CC1. The quantitative estimate of drug-likeness (QED) is 0.760. The molecule has 1 aromatic carbocycles. The second-order valence-corrected chi connectivity index (χ2v) is 6.41. The largest absolute Gasteiger partial charge is 0.416 e. The first-order valence-electron chi connectivity index (χ1n) is 8.61. The summed E-state index contributed by atoms with van der Waals surface area (Å²) in [5.41, 5.74) is 0.0129. The second-order valence-electron chi connectivity index (χ2n) is 6.41. The topological polar surface area (TPSA) is 50.2 Å². The fourth-order valence-corrected chi connectivity index (χ4v) is 2.72. The van der Waals surface area contributed by atoms with Gasteiger partial charge in [0.25, 0.3) is 0 Å². The Kier molecular flexibility index (Phi) is 5.49. The van der Waals surface area contributed by atoms with Crippen LogP contribution in [0.4, 0.5) is 18.0 Å². The molecular weight excluding hydrogens is 345 g/mol. The van der Waals surface area contributed by atoms with E-state index in [1.54, 1.807) is 15.8 Å². The van der Waals surface area contributed by atoms with Crippen molar-refractivity contribution in [2.24, 2.45) is 0 Å². The zero-order valence-corrected chi connectivity index (χ0v) is 14.2. The van der Waals surface area contributed by atoms with E-state index in [0.717, 1.165) is 37.9 Å². The summed E-state index contributed by atoms with van der Waals surface area (Å²) in [5.74, 6) is 0. The van der Waals surface area contributed by atoms with Crippen LogP contribution in [0.2, 0.25) is 0 Å². The molecule has 1 aliphatic rings. The highest BCUT2D eigenvalue weighted by molar-refractivity contribution is 5.74. The minimum absolute atomic E-state index is 0.170. The lowest BCUT2D eigenvalue weighted by Crippen LogP contribution is -2.41. The Morgan fingerprint density at radius 3 is 2.58 bits per heavy atom. The van der Waals surface area contributed by atoms with Crippen molar-refractivity contribution in [3.8, 4) is 0 Å². The third-order valence-electron chi connectivity index (χ3n) is 4.28. The Labute approximate surface area is 149 Å². The number of halogens is 3. The number of hydrogen-bond donors (Lipinski definition) is 1. The number of nitrogens with zero attached hydrogens (tertiary/aromatic N) is 3. The molecule has 2 amide bonds. The normalized spacial score (nSPS) is 14.3. The van der Waals surface area contributed by atoms with E-state index in [9.17, 15) is 18.0 Å². The van der Waals surface area contributed by atoms with Crippen molar-refractivity contribution in [2.45, 2.75) is 44.6 Å². The Balaban J connectivity index is 1.51. The number of urea groups is 1. The first-order chi connectivity index (χ1) is 12.4. The van der Waals surface area contributed by atoms with Crippen LogP contribution in [-0.2, 0) is 19.3 Å². The molecule has 1 aliphatic carbocycles. The molecule has 1 N–H and O–H groups in total. The number of hydrogen-bond acceptors (Lipinski definition) is 2. The maximum Gasteiger partial charge on any atom is 0.416 e. The summed E-state index contributed by atoms with van der Waals surface area (Å²) in [6, 6.07) is 6.82. The van der Waals surface area contributed by atoms with Gasteiger partial charge in [-0.2, -0.15) is 18.3 Å². The van der Waals surface area contributed by atoms with Crippen molar-refractivity contribution >= 4 is 6.03 Å². The van der Waals surface area contributed by atoms with E-state index < -0.39 is 11.7 Å². The van der Waals surface area contributed by atoms with Gasteiger partial charge < -0.3 is 10.2 Å². The predicted octanol–water partition coefficient (Wildman–Crippen LogP) is 3.67. The molecule has 0 saturated heterocycles. The molecule has 1 aromatic heterocycles. The molecule has 8 heteroatoms. The lowest BCUT2D eigenvalue weighted by atomic mass is 10.1. The maximum atomic E-state index is 12.6. The summed E-state index contributed by atoms with van der Waals surface area (Å²) >= 11 is 0. The highest BCUT2D eigenvalue weighted by Gasteiger charge is 2.33. The highest BCUT2D eigenvalue weighted by atomic mass is 19.4. The lowest BCUT2D eigenvalue weighted by molar-refractivity contribution is -0.137. The molecule has 0 unspecified atom stereocenters. The van der Waals surface area contributed by atoms with Crippen molar-refractivity contribution in [1.82, 2.24) is 20.0 Å². The monoisotopic (exact) mass is 366 g/mol. The first kappa shape index (κ1) is 18.3. The third-order valence-corrected chi connectivity index (χ3v) is 4.28. The number of rotatable bonds is 7. The molecular formula is C18H21F3N4O. The van der Waals surface area contributed by atoms with Crippen molar-refractivity contribution in [3.63, 3.8) is 0 Å². The number of carbonyl (C=O) groups is 1. The molecule has 0 radical (unpaired) electrons. The van der Waals surface area contributed by atoms with Crippen LogP contribution in [0.25, 0.3) is 0 Å². The van der Waals surface area contributed by atoms with Gasteiger partial charge in [-0.3, -0.25) is 4.68 Å². The van der Waals surface area contributed by atoms with Crippen molar-refractivity contribution in [1.29, 1.82) is 0 Å². The lowest BCUT2D eigenvalue weighted by Gasteiger charge is -2.23. The van der Waals surface area contributed by atoms with Gasteiger partial charge in [-0.25, -0.2) is 4.79 Å². The van der Waals surface area contributed by atoms with Crippen LogP contribution in [0.1, 0.15) is 30.4 Å². The van der Waals surface area contributed by atoms with Crippen LogP contribution in [-0.4, -0.2) is 33.3 Å². The molecule has 2 aromatic rings. The fraction of sp³-hybridized carbons (Fsp3) is 0.444. The molecule has 0 aliphatic heterocycles. The number of aryl methyl sites for hydroxylation is 1. The average molecular weight is 366 g/mol. The molecule has 1 fully saturated rings. The summed E-state index contributed by atoms with van der Waals surface area (Å²) in [5, 5.41) is 6.99. The molecule has 26 heavy (non-hydrogen) atoms. The van der Waals surface area contributed by atoms with Crippen LogP contribution < -0.4 is 5.32 Å². The molecule has 0 spiro atoms. The van der Waals surface area contributed by atoms with E-state index in [4.69, 9.17) is 0 Å². The van der Waals surface area contributed by atoms with Gasteiger partial charge in [-0.1, -0.05) is 12.1 Å². The average Bonchev–Trinajstić information content (AvgIpc) is 3.31. The smallest absolute Gasteiger partial charge is 0.338 e. The van der Waals surface area contributed by atoms with Gasteiger partial charge in [0.2, 0.25) is 0 Å². The van der Waals surface area contributed by atoms with Gasteiger partial charge in [0.05, 0.1) is 5.56 Å². The third kappa shape index (κ3) is 5.00. The minimum atomic E-state index is -4.35. The number of amides is 2. The van der Waals surface area contributed by atoms with Crippen LogP contribution in [0.3, 0.4) is 0 Å². The zero-order valence-electron chi connectivity index (χ0n) is 14.2. The van der Waals surface area contributed by atoms with Crippen molar-refractivity contribution < 1.29 is 18.0 Å². The maximum absolute atomic E-state index is 12.6. The van der Waals surface area contributed by atoms with Gasteiger partial charge in [0.15, 0.2) is 0 Å². The Hall–Kier alpha value is -2.51. The minimum Gasteiger partial charge on any atom is -0.338 e. The van der Waals surface area contributed by atoms with E-state index in [1.807, 2.05) is 12.3 Å². The van der Waals surface area contributed by atoms with E-state index in [2.05, 4.69) is 10.4 Å². The van der Waals surface area contributed by atoms with Crippen molar-refractivity contribution in [3.05, 3.63) is 53.9 Å². The fourth-order valence-electron chi connectivity index (χ4n) is 2.72. The second kappa shape index (κ2) is 7.80. The number of nitrogens with one attached hydrogen (secondary N) is 1. The van der Waals surface area contributed by atoms with E-state index in [0.29, 0.717) is 18.7 Å².